The van der Waals surface area contributed by atoms with E-state index in [1.807, 2.05) is 6.92 Å². The van der Waals surface area contributed by atoms with E-state index in [9.17, 15) is 13.5 Å². The Morgan fingerprint density at radius 2 is 1.89 bits per heavy atom. The Morgan fingerprint density at radius 1 is 1.15 bits per heavy atom. The van der Waals surface area contributed by atoms with Crippen molar-refractivity contribution in [2.45, 2.75) is 84.3 Å². The van der Waals surface area contributed by atoms with Gasteiger partial charge in [0.25, 0.3) is 0 Å². The maximum atomic E-state index is 11.1. The van der Waals surface area contributed by atoms with Crippen molar-refractivity contribution >= 4 is 10.4 Å². The van der Waals surface area contributed by atoms with Crippen molar-refractivity contribution in [1.29, 1.82) is 0 Å². The molecule has 2 N–H and O–H groups in total. The highest BCUT2D eigenvalue weighted by Crippen LogP contribution is 2.66. The van der Waals surface area contributed by atoms with Gasteiger partial charge in [0.15, 0.2) is 0 Å². The van der Waals surface area contributed by atoms with E-state index in [4.69, 9.17) is 8.74 Å². The molecule has 0 radical (unpaired) electrons. The fourth-order valence-electron chi connectivity index (χ4n) is 7.71. The number of fused-ring (bicyclic) bond motifs is 5. The lowest BCUT2D eigenvalue weighted by atomic mass is 9.47. The van der Waals surface area contributed by atoms with Gasteiger partial charge in [-0.05, 0) is 92.8 Å². The van der Waals surface area contributed by atoms with Crippen LogP contribution in [0.4, 0.5) is 0 Å². The second-order valence-electron chi connectivity index (χ2n) is 10.1. The molecule has 0 unspecified atom stereocenters. The van der Waals surface area contributed by atoms with Crippen molar-refractivity contribution in [2.75, 3.05) is 0 Å². The highest BCUT2D eigenvalue weighted by molar-refractivity contribution is 7.80. The summed E-state index contributed by atoms with van der Waals surface area (Å²) in [5.74, 6) is 2.40. The molecule has 0 saturated heterocycles. The number of aliphatic hydroxyl groups excluding tert-OH is 1. The topological polar surface area (TPSA) is 83.8 Å². The zero-order valence-corrected chi connectivity index (χ0v) is 17.5. The monoisotopic (exact) mass is 398 g/mol. The number of hydrogen-bond donors (Lipinski definition) is 2. The third-order valence-corrected chi connectivity index (χ3v) is 9.49. The quantitative estimate of drug-likeness (QED) is 0.551. The third-order valence-electron chi connectivity index (χ3n) is 8.97. The van der Waals surface area contributed by atoms with Crippen LogP contribution in [-0.2, 0) is 14.6 Å². The fraction of sp³-hybridized carbons (Fsp3) is 0.905. The first kappa shape index (κ1) is 19.9. The normalized spacial score (nSPS) is 48.2. The van der Waals surface area contributed by atoms with Crippen LogP contribution < -0.4 is 0 Å². The van der Waals surface area contributed by atoms with Crippen LogP contribution in [0.25, 0.3) is 0 Å². The van der Waals surface area contributed by atoms with Crippen LogP contribution in [0.15, 0.2) is 11.6 Å². The third kappa shape index (κ3) is 3.21. The lowest BCUT2D eigenvalue weighted by molar-refractivity contribution is -0.0666. The molecule has 0 aliphatic heterocycles. The first-order chi connectivity index (χ1) is 12.5. The predicted molar refractivity (Wildman–Crippen MR) is 103 cm³/mol. The molecule has 3 fully saturated rings. The van der Waals surface area contributed by atoms with Gasteiger partial charge in [0.05, 0.1) is 12.2 Å². The van der Waals surface area contributed by atoms with Crippen LogP contribution in [0.3, 0.4) is 0 Å². The zero-order chi connectivity index (χ0) is 19.6. The summed E-state index contributed by atoms with van der Waals surface area (Å²) in [6.45, 7) is 6.74. The molecule has 0 amide bonds. The van der Waals surface area contributed by atoms with Gasteiger partial charge in [0.2, 0.25) is 0 Å². The molecule has 0 heterocycles. The number of rotatable bonds is 3. The van der Waals surface area contributed by atoms with Crippen molar-refractivity contribution in [3.63, 3.8) is 0 Å². The molecule has 8 atom stereocenters. The SMILES string of the molecule is C[C@@H](O)[C@H]1CC[C@H]2[C@@H]3CC=C4C[C@@H](OS(=O)(=O)O)CC[C@]4(C)[C@H]3CC[C@]12C. The molecule has 0 aromatic carbocycles. The Labute approximate surface area is 163 Å². The molecule has 4 aliphatic carbocycles. The van der Waals surface area contributed by atoms with Gasteiger partial charge in [0.1, 0.15) is 0 Å². The molecule has 0 spiro atoms. The van der Waals surface area contributed by atoms with Crippen LogP contribution >= 0.6 is 0 Å². The second kappa shape index (κ2) is 6.54. The molecule has 154 valence electrons. The molecule has 0 bridgehead atoms. The van der Waals surface area contributed by atoms with E-state index in [-0.39, 0.29) is 16.9 Å². The van der Waals surface area contributed by atoms with Gasteiger partial charge in [-0.15, -0.1) is 0 Å². The minimum absolute atomic E-state index is 0.117. The van der Waals surface area contributed by atoms with Gasteiger partial charge in [0, 0.05) is 0 Å². The average molecular weight is 399 g/mol. The Bertz CT molecular complexity index is 729. The van der Waals surface area contributed by atoms with Crippen LogP contribution in [0.2, 0.25) is 0 Å². The minimum atomic E-state index is -4.39. The molecule has 6 heteroatoms. The largest absolute Gasteiger partial charge is 0.397 e. The first-order valence-corrected chi connectivity index (χ1v) is 11.9. The van der Waals surface area contributed by atoms with Crippen molar-refractivity contribution in [1.82, 2.24) is 0 Å². The van der Waals surface area contributed by atoms with Crippen LogP contribution in [-0.4, -0.2) is 30.3 Å². The van der Waals surface area contributed by atoms with E-state index < -0.39 is 16.5 Å². The Balaban J connectivity index is 1.57. The van der Waals surface area contributed by atoms with E-state index in [1.54, 1.807) is 0 Å². The number of hydrogen-bond acceptors (Lipinski definition) is 4. The summed E-state index contributed by atoms with van der Waals surface area (Å²) < 4.78 is 36.1. The van der Waals surface area contributed by atoms with Crippen molar-refractivity contribution in [3.8, 4) is 0 Å². The molecule has 3 saturated carbocycles. The van der Waals surface area contributed by atoms with Crippen molar-refractivity contribution in [2.24, 2.45) is 34.5 Å². The lowest BCUT2D eigenvalue weighted by Crippen LogP contribution is -2.51. The van der Waals surface area contributed by atoms with Gasteiger partial charge >= 0.3 is 10.4 Å². The van der Waals surface area contributed by atoms with Crippen LogP contribution in [0, 0.1) is 34.5 Å². The summed E-state index contributed by atoms with van der Waals surface area (Å²) in [7, 11) is -4.39. The van der Waals surface area contributed by atoms with Gasteiger partial charge in [-0.1, -0.05) is 25.5 Å². The summed E-state index contributed by atoms with van der Waals surface area (Å²) >= 11 is 0. The molecule has 4 aliphatic rings. The predicted octanol–water partition coefficient (Wildman–Crippen LogP) is 4.13. The smallest absolute Gasteiger partial charge is 0.393 e. The van der Waals surface area contributed by atoms with Gasteiger partial charge in [-0.3, -0.25) is 4.55 Å². The maximum Gasteiger partial charge on any atom is 0.397 e. The summed E-state index contributed by atoms with van der Waals surface area (Å²) in [5, 5.41) is 10.3. The van der Waals surface area contributed by atoms with E-state index >= 15 is 0 Å². The number of aliphatic hydroxyl groups is 1. The van der Waals surface area contributed by atoms with Crippen LogP contribution in [0.1, 0.15) is 72.1 Å². The maximum absolute atomic E-state index is 11.1. The summed E-state index contributed by atoms with van der Waals surface area (Å²) in [4.78, 5) is 0. The average Bonchev–Trinajstić information content (AvgIpc) is 2.91. The van der Waals surface area contributed by atoms with Gasteiger partial charge in [-0.2, -0.15) is 8.42 Å². The van der Waals surface area contributed by atoms with E-state index in [2.05, 4.69) is 19.9 Å². The molecule has 27 heavy (non-hydrogen) atoms. The lowest BCUT2D eigenvalue weighted by Gasteiger charge is -2.58. The zero-order valence-electron chi connectivity index (χ0n) is 16.7. The first-order valence-electron chi connectivity index (χ1n) is 10.6. The summed E-state index contributed by atoms with van der Waals surface area (Å²) in [5.41, 5.74) is 1.70. The van der Waals surface area contributed by atoms with Crippen molar-refractivity contribution < 1.29 is 22.3 Å². The van der Waals surface area contributed by atoms with Crippen LogP contribution in [0.5, 0.6) is 0 Å². The molecule has 5 nitrogen and oxygen atoms in total. The van der Waals surface area contributed by atoms with E-state index in [1.165, 1.54) is 24.8 Å². The Hall–Kier alpha value is -0.430. The van der Waals surface area contributed by atoms with E-state index in [0.717, 1.165) is 19.3 Å². The van der Waals surface area contributed by atoms with Crippen molar-refractivity contribution in [3.05, 3.63) is 11.6 Å². The highest BCUT2D eigenvalue weighted by Gasteiger charge is 2.59. The molecule has 4 rings (SSSR count). The molecule has 0 aromatic heterocycles. The van der Waals surface area contributed by atoms with Gasteiger partial charge < -0.3 is 5.11 Å². The number of allylic oxidation sites excluding steroid dienone is 1. The molecule has 0 aromatic rings. The van der Waals surface area contributed by atoms with E-state index in [0.29, 0.717) is 36.5 Å². The molecular formula is C21H34O5S. The Kier molecular flexibility index (Phi) is 4.81. The summed E-state index contributed by atoms with van der Waals surface area (Å²) in [6.07, 6.45) is 9.69. The highest BCUT2D eigenvalue weighted by atomic mass is 32.3. The van der Waals surface area contributed by atoms with Gasteiger partial charge in [-0.25, -0.2) is 4.18 Å². The molecular weight excluding hydrogens is 364 g/mol. The summed E-state index contributed by atoms with van der Waals surface area (Å²) in [6, 6.07) is 0. The second-order valence-corrected chi connectivity index (χ2v) is 11.2. The standard InChI is InChI=1S/C21H34O5S/c1-13(22)17-6-7-18-16-5-4-14-12-15(26-27(23,24)25)8-10-20(14,2)19(16)9-11-21(17,18)3/h4,13,15-19,22H,5-12H2,1-3H3,(H,23,24,25)/t13-,15+,16+,17-,18+,19+,20+,21-/m1/s1. The minimum Gasteiger partial charge on any atom is -0.393 e. The Morgan fingerprint density at radius 3 is 2.56 bits per heavy atom. The fourth-order valence-corrected chi connectivity index (χ4v) is 8.22.